The van der Waals surface area contributed by atoms with Crippen LogP contribution in [0.25, 0.3) is 0 Å². The molecule has 0 amide bonds. The summed E-state index contributed by atoms with van der Waals surface area (Å²) in [6.07, 6.45) is 0. The van der Waals surface area contributed by atoms with Crippen molar-refractivity contribution in [3.8, 4) is 0 Å². The summed E-state index contributed by atoms with van der Waals surface area (Å²) in [5.74, 6) is -3.12. The predicted octanol–water partition coefficient (Wildman–Crippen LogP) is 1.51. The summed E-state index contributed by atoms with van der Waals surface area (Å²) >= 11 is 4.44. The Hall–Kier alpha value is -0.640. The number of esters is 1. The molecule has 9 heavy (non-hydrogen) atoms. The lowest BCUT2D eigenvalue weighted by atomic mass is 10.6. The number of halogens is 3. The maximum Gasteiger partial charge on any atom is 0.371 e. The Balaban J connectivity index is 4.21. The van der Waals surface area contributed by atoms with E-state index in [1.54, 1.807) is 0 Å². The molecule has 2 nitrogen and oxygen atoms in total. The summed E-state index contributed by atoms with van der Waals surface area (Å²) in [5, 5.41) is -1.69. The van der Waals surface area contributed by atoms with Gasteiger partial charge in [-0.2, -0.15) is 8.78 Å². The van der Waals surface area contributed by atoms with Crippen LogP contribution >= 0.6 is 11.6 Å². The third-order valence-corrected chi connectivity index (χ3v) is 0.696. The van der Waals surface area contributed by atoms with Crippen molar-refractivity contribution in [1.82, 2.24) is 0 Å². The molecule has 0 N–H and O–H groups in total. The van der Waals surface area contributed by atoms with Gasteiger partial charge in [0.1, 0.15) is 0 Å². The predicted molar refractivity (Wildman–Crippen MR) is 27.1 cm³/mol. The minimum Gasteiger partial charge on any atom is -0.464 e. The van der Waals surface area contributed by atoms with Gasteiger partial charge in [-0.1, -0.05) is 0 Å². The van der Waals surface area contributed by atoms with Crippen molar-refractivity contribution < 1.29 is 18.3 Å². The first-order valence-corrected chi connectivity index (χ1v) is 2.26. The van der Waals surface area contributed by atoms with E-state index in [2.05, 4.69) is 16.3 Å². The number of carbonyl (C=O) groups is 1. The molecule has 0 aromatic heterocycles. The number of hydrogen-bond donors (Lipinski definition) is 0. The van der Waals surface area contributed by atoms with Gasteiger partial charge < -0.3 is 4.74 Å². The Morgan fingerprint density at radius 2 is 2.00 bits per heavy atom. The van der Waals surface area contributed by atoms with Crippen LogP contribution in [0.2, 0.25) is 0 Å². The highest BCUT2D eigenvalue weighted by molar-refractivity contribution is 6.29. The Bertz CT molecular complexity index is 151. The van der Waals surface area contributed by atoms with E-state index in [9.17, 15) is 13.6 Å². The van der Waals surface area contributed by atoms with Gasteiger partial charge in [-0.25, -0.2) is 4.79 Å². The summed E-state index contributed by atoms with van der Waals surface area (Å²) < 4.78 is 27.1. The first kappa shape index (κ1) is 8.36. The van der Waals surface area contributed by atoms with Gasteiger partial charge >= 0.3 is 5.97 Å². The highest BCUT2D eigenvalue weighted by Crippen LogP contribution is 2.12. The van der Waals surface area contributed by atoms with E-state index >= 15 is 0 Å². The molecule has 0 heterocycles. The van der Waals surface area contributed by atoms with E-state index in [1.165, 1.54) is 0 Å². The highest BCUT2D eigenvalue weighted by atomic mass is 35.5. The lowest BCUT2D eigenvalue weighted by molar-refractivity contribution is -0.137. The molecule has 0 fully saturated rings. The van der Waals surface area contributed by atoms with Crippen LogP contribution in [-0.4, -0.2) is 13.1 Å². The van der Waals surface area contributed by atoms with Crippen LogP contribution in [0, 0.1) is 0 Å². The molecule has 0 rings (SSSR count). The van der Waals surface area contributed by atoms with Crippen molar-refractivity contribution in [2.75, 3.05) is 7.11 Å². The first-order chi connectivity index (χ1) is 4.09. The van der Waals surface area contributed by atoms with Crippen LogP contribution in [0.5, 0.6) is 0 Å². The minimum atomic E-state index is -1.71. The van der Waals surface area contributed by atoms with Crippen molar-refractivity contribution in [3.63, 3.8) is 0 Å². The normalized spacial score (nSPS) is 12.4. The second-order valence-electron chi connectivity index (χ2n) is 1.07. The third kappa shape index (κ3) is 2.41. The van der Waals surface area contributed by atoms with Crippen molar-refractivity contribution in [2.45, 2.75) is 0 Å². The summed E-state index contributed by atoms with van der Waals surface area (Å²) in [4.78, 5) is 9.97. The van der Waals surface area contributed by atoms with E-state index in [4.69, 9.17) is 0 Å². The Kier molecular flexibility index (Phi) is 3.16. The van der Waals surface area contributed by atoms with E-state index in [0.717, 1.165) is 7.11 Å². The average Bonchev–Trinajstić information content (AvgIpc) is 1.84. The summed E-state index contributed by atoms with van der Waals surface area (Å²) in [7, 11) is 0.918. The van der Waals surface area contributed by atoms with E-state index in [0.29, 0.717) is 0 Å². The molecule has 0 saturated heterocycles. The standard InChI is InChI=1S/C4H3ClF2O2/c1-9-4(8)2(6)3(5)7/h1H3/b3-2-. The molecule has 0 radical (unpaired) electrons. The van der Waals surface area contributed by atoms with Crippen molar-refractivity contribution in [1.29, 1.82) is 0 Å². The lowest BCUT2D eigenvalue weighted by Gasteiger charge is -1.91. The molecule has 0 atom stereocenters. The third-order valence-electron chi connectivity index (χ3n) is 0.531. The molecule has 0 bridgehead atoms. The monoisotopic (exact) mass is 156 g/mol. The molecule has 0 saturated carbocycles. The molecule has 0 aliphatic carbocycles. The van der Waals surface area contributed by atoms with Gasteiger partial charge in [0, 0.05) is 0 Å². The molecule has 0 aromatic carbocycles. The highest BCUT2D eigenvalue weighted by Gasteiger charge is 2.13. The molecule has 0 unspecified atom stereocenters. The average molecular weight is 157 g/mol. The zero-order valence-corrected chi connectivity index (χ0v) is 5.21. The maximum atomic E-state index is 11.8. The second-order valence-corrected chi connectivity index (χ2v) is 1.40. The van der Waals surface area contributed by atoms with Crippen LogP contribution < -0.4 is 0 Å². The van der Waals surface area contributed by atoms with Gasteiger partial charge in [-0.15, -0.1) is 0 Å². The summed E-state index contributed by atoms with van der Waals surface area (Å²) in [6, 6.07) is 0. The maximum absolute atomic E-state index is 11.8. The van der Waals surface area contributed by atoms with E-state index in [-0.39, 0.29) is 0 Å². The smallest absolute Gasteiger partial charge is 0.371 e. The molecular formula is C4H3ClF2O2. The van der Waals surface area contributed by atoms with Gasteiger partial charge in [-0.3, -0.25) is 0 Å². The van der Waals surface area contributed by atoms with Crippen LogP contribution in [0.3, 0.4) is 0 Å². The molecule has 0 aliphatic heterocycles. The van der Waals surface area contributed by atoms with E-state index < -0.39 is 17.1 Å². The van der Waals surface area contributed by atoms with Gasteiger partial charge in [0.05, 0.1) is 7.11 Å². The van der Waals surface area contributed by atoms with Crippen LogP contribution in [0.1, 0.15) is 0 Å². The van der Waals surface area contributed by atoms with E-state index in [1.807, 2.05) is 0 Å². The molecule has 0 aliphatic rings. The molecule has 52 valence electrons. The zero-order valence-electron chi connectivity index (χ0n) is 4.45. The lowest BCUT2D eigenvalue weighted by Crippen LogP contribution is -2.00. The van der Waals surface area contributed by atoms with Gasteiger partial charge in [0.15, 0.2) is 0 Å². The Morgan fingerprint density at radius 3 is 2.11 bits per heavy atom. The van der Waals surface area contributed by atoms with Crippen LogP contribution in [-0.2, 0) is 9.53 Å². The quantitative estimate of drug-likeness (QED) is 0.425. The van der Waals surface area contributed by atoms with Crippen molar-refractivity contribution in [2.24, 2.45) is 0 Å². The molecule has 0 aromatic rings. The number of rotatable bonds is 1. The number of carbonyl (C=O) groups excluding carboxylic acids is 1. The van der Waals surface area contributed by atoms with Gasteiger partial charge in [0.2, 0.25) is 5.29 Å². The topological polar surface area (TPSA) is 26.3 Å². The number of methoxy groups -OCH3 is 1. The summed E-state index contributed by atoms with van der Waals surface area (Å²) in [6.45, 7) is 0. The summed E-state index contributed by atoms with van der Waals surface area (Å²) in [5.41, 5.74) is 0. The second kappa shape index (κ2) is 3.40. The van der Waals surface area contributed by atoms with Gasteiger partial charge in [-0.05, 0) is 11.6 Å². The zero-order chi connectivity index (χ0) is 7.44. The Morgan fingerprint density at radius 1 is 1.56 bits per heavy atom. The minimum absolute atomic E-state index is 0.918. The molecule has 0 spiro atoms. The fraction of sp³-hybridized carbons (Fsp3) is 0.250. The van der Waals surface area contributed by atoms with Crippen molar-refractivity contribution >= 4 is 17.6 Å². The largest absolute Gasteiger partial charge is 0.464 e. The number of ether oxygens (including phenoxy) is 1. The molecule has 5 heteroatoms. The van der Waals surface area contributed by atoms with Crippen molar-refractivity contribution in [3.05, 3.63) is 11.1 Å². The van der Waals surface area contributed by atoms with Crippen LogP contribution in [0.4, 0.5) is 8.78 Å². The number of hydrogen-bond acceptors (Lipinski definition) is 2. The van der Waals surface area contributed by atoms with Crippen LogP contribution in [0.15, 0.2) is 11.1 Å². The van der Waals surface area contributed by atoms with Gasteiger partial charge in [0.25, 0.3) is 5.83 Å². The SMILES string of the molecule is COC(=O)/C(F)=C(/F)Cl. The Labute approximate surface area is 55.1 Å². The molecular weight excluding hydrogens is 153 g/mol. The first-order valence-electron chi connectivity index (χ1n) is 1.88. The fourth-order valence-electron chi connectivity index (χ4n) is 0.167. The fourth-order valence-corrected chi connectivity index (χ4v) is 0.244.